The van der Waals surface area contributed by atoms with E-state index >= 15 is 0 Å². The third kappa shape index (κ3) is 4.53. The van der Waals surface area contributed by atoms with Gasteiger partial charge in [-0.05, 0) is 12.1 Å². The van der Waals surface area contributed by atoms with Crippen LogP contribution in [0.25, 0.3) is 0 Å². The van der Waals surface area contributed by atoms with Gasteiger partial charge in [0.25, 0.3) is 10.0 Å². The molecule has 4 heterocycles. The Hall–Kier alpha value is -3.18. The zero-order chi connectivity index (χ0) is 22.9. The predicted octanol–water partition coefficient (Wildman–Crippen LogP) is -0.0436. The maximum atomic E-state index is 14.9. The number of halogens is 2. The fourth-order valence-corrected chi connectivity index (χ4v) is 4.50. The van der Waals surface area contributed by atoms with Crippen molar-refractivity contribution in [1.82, 2.24) is 31.2 Å². The van der Waals surface area contributed by atoms with Crippen molar-refractivity contribution in [3.63, 3.8) is 0 Å². The second-order valence-corrected chi connectivity index (χ2v) is 8.84. The molecule has 2 aliphatic heterocycles. The summed E-state index contributed by atoms with van der Waals surface area (Å²) in [5.74, 6) is 3.84. The Morgan fingerprint density at radius 2 is 2.09 bits per heavy atom. The zero-order valence-electron chi connectivity index (χ0n) is 16.4. The molecule has 2 aromatic heterocycles. The van der Waals surface area contributed by atoms with Crippen LogP contribution in [0, 0.1) is 17.7 Å². The summed E-state index contributed by atoms with van der Waals surface area (Å²) >= 11 is 5.84. The van der Waals surface area contributed by atoms with E-state index in [-0.39, 0.29) is 45.8 Å². The highest BCUT2D eigenvalue weighted by Gasteiger charge is 2.36. The number of pyridine rings is 2. The van der Waals surface area contributed by atoms with E-state index in [0.717, 1.165) is 6.07 Å². The van der Waals surface area contributed by atoms with Gasteiger partial charge in [-0.25, -0.2) is 27.6 Å². The first-order chi connectivity index (χ1) is 15.3. The van der Waals surface area contributed by atoms with Gasteiger partial charge < -0.3 is 15.4 Å². The lowest BCUT2D eigenvalue weighted by Crippen LogP contribution is -2.63. The summed E-state index contributed by atoms with van der Waals surface area (Å²) in [6.45, 7) is 0.407. The summed E-state index contributed by atoms with van der Waals surface area (Å²) in [4.78, 5) is 18.6. The second kappa shape index (κ2) is 8.75. The minimum Gasteiger partial charge on any atom is -0.480 e. The molecule has 3 atom stereocenters. The van der Waals surface area contributed by atoms with Crippen molar-refractivity contribution in [3.05, 3.63) is 40.9 Å². The number of sulfonamides is 1. The summed E-state index contributed by atoms with van der Waals surface area (Å²) in [5, 5.41) is 11.6. The van der Waals surface area contributed by atoms with Crippen LogP contribution in [0.4, 0.5) is 15.0 Å². The van der Waals surface area contributed by atoms with E-state index < -0.39 is 21.7 Å². The van der Waals surface area contributed by atoms with Gasteiger partial charge in [0.1, 0.15) is 12.3 Å². The fraction of sp³-hybridized carbons (Fsp3) is 0.278. The zero-order valence-corrected chi connectivity index (χ0v) is 18.0. The van der Waals surface area contributed by atoms with Crippen LogP contribution in [0.3, 0.4) is 0 Å². The predicted molar refractivity (Wildman–Crippen MR) is 112 cm³/mol. The van der Waals surface area contributed by atoms with E-state index in [1.165, 1.54) is 25.6 Å². The highest BCUT2D eigenvalue weighted by atomic mass is 35.5. The summed E-state index contributed by atoms with van der Waals surface area (Å²) < 4.78 is 47.4. The molecule has 2 amide bonds. The first-order valence-corrected chi connectivity index (χ1v) is 11.1. The Kier molecular flexibility index (Phi) is 6.02. The van der Waals surface area contributed by atoms with Crippen molar-refractivity contribution in [3.8, 4) is 17.7 Å². The molecule has 32 heavy (non-hydrogen) atoms. The number of carbonyl (C=O) groups excluding carboxylic acids is 1. The first-order valence-electron chi connectivity index (χ1n) is 9.21. The number of fused-ring (bicyclic) bond motifs is 1. The summed E-state index contributed by atoms with van der Waals surface area (Å²) in [6, 6.07) is 1.76. The second-order valence-electron chi connectivity index (χ2n) is 6.76. The van der Waals surface area contributed by atoms with Crippen LogP contribution in [-0.2, 0) is 10.0 Å². The van der Waals surface area contributed by atoms with Gasteiger partial charge in [0.15, 0.2) is 16.5 Å². The third-order valence-corrected chi connectivity index (χ3v) is 6.14. The van der Waals surface area contributed by atoms with Gasteiger partial charge in [-0.3, -0.25) is 15.4 Å². The molecule has 2 fully saturated rings. The highest BCUT2D eigenvalue weighted by molar-refractivity contribution is 7.92. The minimum absolute atomic E-state index is 0.0590. The maximum absolute atomic E-state index is 14.9. The molecule has 0 saturated carbocycles. The number of hydrogen-bond donors (Lipinski definition) is 5. The molecule has 4 rings (SSSR count). The molecule has 0 aliphatic carbocycles. The number of ether oxygens (including phenoxy) is 1. The topological polar surface area (TPSA) is 146 Å². The van der Waals surface area contributed by atoms with Crippen molar-refractivity contribution >= 4 is 33.5 Å². The highest BCUT2D eigenvalue weighted by Crippen LogP contribution is 2.27. The Bertz CT molecular complexity index is 1230. The van der Waals surface area contributed by atoms with Gasteiger partial charge in [0.05, 0.1) is 23.7 Å². The third-order valence-electron chi connectivity index (χ3n) is 4.60. The number of amides is 2. The lowest BCUT2D eigenvalue weighted by molar-refractivity contribution is 0.246. The smallest absolute Gasteiger partial charge is 0.317 e. The molecule has 3 unspecified atom stereocenters. The van der Waals surface area contributed by atoms with Crippen LogP contribution >= 0.6 is 11.6 Å². The van der Waals surface area contributed by atoms with E-state index in [0.29, 0.717) is 6.54 Å². The Labute approximate surface area is 187 Å². The Balaban J connectivity index is 1.54. The van der Waals surface area contributed by atoms with Crippen LogP contribution in [0.2, 0.25) is 5.02 Å². The molecule has 14 heteroatoms. The molecule has 168 valence electrons. The number of aromatic nitrogens is 2. The van der Waals surface area contributed by atoms with Gasteiger partial charge in [0.2, 0.25) is 5.88 Å². The standard InChI is InChI=1S/C18H17ClFN7O4S/c1-31-17-12(6-10(19)7-23-17)32(29,30)27-14-13(20)9(4-5-21-14)2-3-11-8-22-15-16(24-11)26-18(28)25-15/h4-7,11,15-16,22,24H,8H2,1H3,(H,21,27)(H2,25,26,28). The molecule has 2 aromatic rings. The van der Waals surface area contributed by atoms with E-state index in [1.54, 1.807) is 0 Å². The Morgan fingerprint density at radius 3 is 2.88 bits per heavy atom. The lowest BCUT2D eigenvalue weighted by atomic mass is 10.1. The molecule has 11 nitrogen and oxygen atoms in total. The molecule has 0 spiro atoms. The molecular weight excluding hydrogens is 465 g/mol. The lowest BCUT2D eigenvalue weighted by Gasteiger charge is -2.30. The van der Waals surface area contributed by atoms with Crippen LogP contribution in [0.15, 0.2) is 29.4 Å². The maximum Gasteiger partial charge on any atom is 0.317 e. The molecule has 2 aliphatic rings. The van der Waals surface area contributed by atoms with Gasteiger partial charge in [-0.1, -0.05) is 23.4 Å². The van der Waals surface area contributed by atoms with Crippen molar-refractivity contribution in [2.45, 2.75) is 23.3 Å². The monoisotopic (exact) mass is 481 g/mol. The largest absolute Gasteiger partial charge is 0.480 e. The summed E-state index contributed by atoms with van der Waals surface area (Å²) in [5.41, 5.74) is -0.0635. The van der Waals surface area contributed by atoms with Crippen molar-refractivity contribution in [2.75, 3.05) is 18.4 Å². The Morgan fingerprint density at radius 1 is 1.31 bits per heavy atom. The van der Waals surface area contributed by atoms with Crippen LogP contribution in [-0.4, -0.2) is 56.4 Å². The van der Waals surface area contributed by atoms with Crippen molar-refractivity contribution in [2.24, 2.45) is 0 Å². The minimum atomic E-state index is -4.31. The number of rotatable bonds is 4. The van der Waals surface area contributed by atoms with E-state index in [2.05, 4.69) is 47.8 Å². The number of anilines is 1. The molecular formula is C18H17ClFN7O4S. The quantitative estimate of drug-likeness (QED) is 0.382. The van der Waals surface area contributed by atoms with Gasteiger partial charge in [0, 0.05) is 18.9 Å². The van der Waals surface area contributed by atoms with E-state index in [4.69, 9.17) is 16.3 Å². The number of nitrogens with one attached hydrogen (secondary N) is 5. The number of urea groups is 1. The van der Waals surface area contributed by atoms with Crippen LogP contribution in [0.1, 0.15) is 5.56 Å². The molecule has 0 bridgehead atoms. The average molecular weight is 482 g/mol. The average Bonchev–Trinajstić information content (AvgIpc) is 3.13. The van der Waals surface area contributed by atoms with Crippen molar-refractivity contribution < 1.29 is 22.3 Å². The molecule has 5 N–H and O–H groups in total. The number of nitrogens with zero attached hydrogens (tertiary/aromatic N) is 2. The van der Waals surface area contributed by atoms with E-state index in [9.17, 15) is 17.6 Å². The number of hydrogen-bond acceptors (Lipinski definition) is 8. The SMILES string of the molecule is COc1ncc(Cl)cc1S(=O)(=O)Nc1nccc(C#CC2CNC3NC(=O)NC3N2)c1F. The molecule has 0 aromatic carbocycles. The van der Waals surface area contributed by atoms with Crippen LogP contribution in [0.5, 0.6) is 5.88 Å². The van der Waals surface area contributed by atoms with E-state index in [1.807, 2.05) is 0 Å². The number of carbonyl (C=O) groups is 1. The molecule has 2 saturated heterocycles. The van der Waals surface area contributed by atoms with Gasteiger partial charge in [-0.2, -0.15) is 0 Å². The number of methoxy groups -OCH3 is 1. The number of piperazine rings is 1. The fourth-order valence-electron chi connectivity index (χ4n) is 3.12. The van der Waals surface area contributed by atoms with Crippen molar-refractivity contribution in [1.29, 1.82) is 0 Å². The van der Waals surface area contributed by atoms with Gasteiger partial charge in [-0.15, -0.1) is 0 Å². The summed E-state index contributed by atoms with van der Waals surface area (Å²) in [7, 11) is -3.07. The van der Waals surface area contributed by atoms with Gasteiger partial charge >= 0.3 is 6.03 Å². The first kappa shape index (κ1) is 22.0. The van der Waals surface area contributed by atoms with Crippen LogP contribution < -0.4 is 30.7 Å². The summed E-state index contributed by atoms with van der Waals surface area (Å²) in [6.07, 6.45) is 1.82. The normalized spacial score (nSPS) is 22.1. The molecule has 0 radical (unpaired) electrons.